The summed E-state index contributed by atoms with van der Waals surface area (Å²) in [7, 11) is 0. The largest absolute Gasteiger partial charge is 0.356 e. The standard InChI is InChI=1S/C15H21N5O2S/c1-3-6-16-13(22)11-5-4-7-19(9-11)15-18-20-12(21)8-10(2)17-14(20)23-15/h8,11H,3-7,9H2,1-2H3,(H,16,22). The second-order valence-corrected chi connectivity index (χ2v) is 6.83. The number of hydrogen-bond acceptors (Lipinski definition) is 6. The van der Waals surface area contributed by atoms with Crippen molar-refractivity contribution in [3.8, 4) is 0 Å². The first-order valence-corrected chi connectivity index (χ1v) is 8.80. The molecule has 1 saturated heterocycles. The molecule has 3 rings (SSSR count). The second kappa shape index (κ2) is 6.66. The number of hydrogen-bond donors (Lipinski definition) is 1. The molecule has 0 saturated carbocycles. The Morgan fingerprint density at radius 2 is 2.35 bits per heavy atom. The van der Waals surface area contributed by atoms with E-state index in [2.05, 4.69) is 20.3 Å². The molecule has 0 aliphatic carbocycles. The lowest BCUT2D eigenvalue weighted by Crippen LogP contribution is -2.43. The lowest BCUT2D eigenvalue weighted by atomic mass is 9.97. The van der Waals surface area contributed by atoms with Gasteiger partial charge in [0, 0.05) is 31.4 Å². The van der Waals surface area contributed by atoms with Crippen LogP contribution in [0.25, 0.3) is 4.96 Å². The molecule has 7 nitrogen and oxygen atoms in total. The number of carbonyl (C=O) groups is 1. The fourth-order valence-electron chi connectivity index (χ4n) is 2.80. The van der Waals surface area contributed by atoms with Crippen molar-refractivity contribution in [1.82, 2.24) is 19.9 Å². The third-order valence-corrected chi connectivity index (χ3v) is 4.94. The molecule has 0 bridgehead atoms. The average Bonchev–Trinajstić information content (AvgIpc) is 2.97. The van der Waals surface area contributed by atoms with Crippen LogP contribution < -0.4 is 15.8 Å². The summed E-state index contributed by atoms with van der Waals surface area (Å²) in [5.41, 5.74) is 0.532. The molecule has 1 atom stereocenters. The Labute approximate surface area is 138 Å². The fourth-order valence-corrected chi connectivity index (χ4v) is 3.78. The van der Waals surface area contributed by atoms with E-state index >= 15 is 0 Å². The molecule has 1 N–H and O–H groups in total. The molecule has 2 aromatic heterocycles. The fraction of sp³-hybridized carbons (Fsp3) is 0.600. The minimum atomic E-state index is -0.163. The van der Waals surface area contributed by atoms with Crippen molar-refractivity contribution in [2.24, 2.45) is 5.92 Å². The average molecular weight is 335 g/mol. The molecule has 0 aromatic carbocycles. The number of carbonyl (C=O) groups excluding carboxylic acids is 1. The second-order valence-electron chi connectivity index (χ2n) is 5.89. The van der Waals surface area contributed by atoms with Crippen molar-refractivity contribution in [3.63, 3.8) is 0 Å². The number of nitrogens with zero attached hydrogens (tertiary/aromatic N) is 4. The molecule has 1 unspecified atom stereocenters. The van der Waals surface area contributed by atoms with Crippen molar-refractivity contribution >= 4 is 27.3 Å². The van der Waals surface area contributed by atoms with Gasteiger partial charge in [-0.2, -0.15) is 4.52 Å². The van der Waals surface area contributed by atoms with Crippen molar-refractivity contribution in [1.29, 1.82) is 0 Å². The SMILES string of the molecule is CCCNC(=O)C1CCCN(c2nn3c(=O)cc(C)nc3s2)C1. The maximum Gasteiger partial charge on any atom is 0.275 e. The van der Waals surface area contributed by atoms with Gasteiger partial charge in [0.25, 0.3) is 5.56 Å². The molecule has 1 aliphatic rings. The summed E-state index contributed by atoms with van der Waals surface area (Å²) in [6, 6.07) is 1.48. The van der Waals surface area contributed by atoms with Gasteiger partial charge in [0.05, 0.1) is 5.92 Å². The number of amides is 1. The van der Waals surface area contributed by atoms with Crippen molar-refractivity contribution in [2.75, 3.05) is 24.5 Å². The van der Waals surface area contributed by atoms with Gasteiger partial charge in [-0.1, -0.05) is 18.3 Å². The molecule has 0 radical (unpaired) electrons. The highest BCUT2D eigenvalue weighted by Gasteiger charge is 2.27. The van der Waals surface area contributed by atoms with E-state index in [1.54, 1.807) is 6.92 Å². The molecule has 8 heteroatoms. The van der Waals surface area contributed by atoms with E-state index < -0.39 is 0 Å². The minimum absolute atomic E-state index is 0.0197. The van der Waals surface area contributed by atoms with E-state index in [0.717, 1.165) is 37.5 Å². The van der Waals surface area contributed by atoms with Crippen LogP contribution in [-0.4, -0.2) is 40.1 Å². The first-order valence-electron chi connectivity index (χ1n) is 7.98. The zero-order valence-corrected chi connectivity index (χ0v) is 14.2. The predicted octanol–water partition coefficient (Wildman–Crippen LogP) is 1.20. The third kappa shape index (κ3) is 3.36. The number of fused-ring (bicyclic) bond motifs is 1. The molecule has 2 aromatic rings. The number of anilines is 1. The van der Waals surface area contributed by atoms with E-state index in [-0.39, 0.29) is 17.4 Å². The molecule has 1 amide bonds. The monoisotopic (exact) mass is 335 g/mol. The number of aromatic nitrogens is 3. The van der Waals surface area contributed by atoms with Crippen LogP contribution in [0, 0.1) is 12.8 Å². The van der Waals surface area contributed by atoms with E-state index in [1.165, 1.54) is 21.9 Å². The Hall–Kier alpha value is -1.96. The van der Waals surface area contributed by atoms with E-state index in [1.807, 2.05) is 6.92 Å². The lowest BCUT2D eigenvalue weighted by Gasteiger charge is -2.31. The number of rotatable bonds is 4. The van der Waals surface area contributed by atoms with E-state index in [4.69, 9.17) is 0 Å². The number of aryl methyl sites for hydroxylation is 1. The molecule has 3 heterocycles. The molecule has 23 heavy (non-hydrogen) atoms. The summed E-state index contributed by atoms with van der Waals surface area (Å²) in [6.45, 7) is 6.06. The van der Waals surface area contributed by atoms with Gasteiger partial charge in [-0.3, -0.25) is 9.59 Å². The summed E-state index contributed by atoms with van der Waals surface area (Å²) in [4.78, 5) is 31.2. The van der Waals surface area contributed by atoms with Gasteiger partial charge >= 0.3 is 0 Å². The third-order valence-electron chi connectivity index (χ3n) is 3.97. The molecule has 0 spiro atoms. The molecule has 124 valence electrons. The summed E-state index contributed by atoms with van der Waals surface area (Å²) >= 11 is 1.40. The normalized spacial score (nSPS) is 18.3. The van der Waals surface area contributed by atoms with Gasteiger partial charge in [0.1, 0.15) is 0 Å². The van der Waals surface area contributed by atoms with Gasteiger partial charge in [-0.25, -0.2) is 4.98 Å². The van der Waals surface area contributed by atoms with E-state index in [0.29, 0.717) is 17.2 Å². The van der Waals surface area contributed by atoms with Gasteiger partial charge in [0.15, 0.2) is 0 Å². The van der Waals surface area contributed by atoms with Gasteiger partial charge in [-0.05, 0) is 26.2 Å². The van der Waals surface area contributed by atoms with Gasteiger partial charge in [-0.15, -0.1) is 5.10 Å². The van der Waals surface area contributed by atoms with Crippen LogP contribution in [0.15, 0.2) is 10.9 Å². The van der Waals surface area contributed by atoms with Gasteiger partial charge in [0.2, 0.25) is 16.0 Å². The molecule has 1 fully saturated rings. The number of piperidine rings is 1. The highest BCUT2D eigenvalue weighted by molar-refractivity contribution is 7.20. The van der Waals surface area contributed by atoms with Crippen LogP contribution >= 0.6 is 11.3 Å². The Morgan fingerprint density at radius 3 is 3.13 bits per heavy atom. The van der Waals surface area contributed by atoms with Crippen LogP contribution in [-0.2, 0) is 4.79 Å². The smallest absolute Gasteiger partial charge is 0.275 e. The summed E-state index contributed by atoms with van der Waals surface area (Å²) in [5, 5.41) is 8.11. The quantitative estimate of drug-likeness (QED) is 0.908. The lowest BCUT2D eigenvalue weighted by molar-refractivity contribution is -0.125. The Kier molecular flexibility index (Phi) is 4.61. The topological polar surface area (TPSA) is 79.6 Å². The maximum absolute atomic E-state index is 12.2. The zero-order chi connectivity index (χ0) is 16.4. The Morgan fingerprint density at radius 1 is 1.52 bits per heavy atom. The predicted molar refractivity (Wildman–Crippen MR) is 90.1 cm³/mol. The first-order chi connectivity index (χ1) is 11.1. The minimum Gasteiger partial charge on any atom is -0.356 e. The van der Waals surface area contributed by atoms with Crippen LogP contribution in [0.4, 0.5) is 5.13 Å². The van der Waals surface area contributed by atoms with E-state index in [9.17, 15) is 9.59 Å². The van der Waals surface area contributed by atoms with Crippen LogP contribution in [0.5, 0.6) is 0 Å². The summed E-state index contributed by atoms with van der Waals surface area (Å²) in [5.74, 6) is 0.0949. The highest BCUT2D eigenvalue weighted by Crippen LogP contribution is 2.26. The van der Waals surface area contributed by atoms with Crippen molar-refractivity contribution < 1.29 is 4.79 Å². The Balaban J connectivity index is 1.80. The maximum atomic E-state index is 12.2. The van der Waals surface area contributed by atoms with Gasteiger partial charge < -0.3 is 10.2 Å². The van der Waals surface area contributed by atoms with Crippen LogP contribution in [0.3, 0.4) is 0 Å². The summed E-state index contributed by atoms with van der Waals surface area (Å²) < 4.78 is 1.34. The molecular formula is C15H21N5O2S. The zero-order valence-electron chi connectivity index (χ0n) is 13.4. The van der Waals surface area contributed by atoms with Crippen molar-refractivity contribution in [2.45, 2.75) is 33.1 Å². The van der Waals surface area contributed by atoms with Crippen molar-refractivity contribution in [3.05, 3.63) is 22.1 Å². The molecular weight excluding hydrogens is 314 g/mol. The van der Waals surface area contributed by atoms with Crippen LogP contribution in [0.2, 0.25) is 0 Å². The van der Waals surface area contributed by atoms with Crippen LogP contribution in [0.1, 0.15) is 31.9 Å². The highest BCUT2D eigenvalue weighted by atomic mass is 32.1. The first kappa shape index (κ1) is 15.9. The Bertz CT molecular complexity index is 769. The summed E-state index contributed by atoms with van der Waals surface area (Å²) in [6.07, 6.45) is 2.78. The number of nitrogens with one attached hydrogen (secondary N) is 1. The molecule has 1 aliphatic heterocycles.